The molecule has 0 aliphatic heterocycles. The third-order valence-electron chi connectivity index (χ3n) is 4.95. The van der Waals surface area contributed by atoms with E-state index in [1.54, 1.807) is 30.3 Å². The lowest BCUT2D eigenvalue weighted by Gasteiger charge is -2.18. The minimum atomic E-state index is -1.24. The second kappa shape index (κ2) is 10.3. The highest BCUT2D eigenvalue weighted by Gasteiger charge is 2.22. The van der Waals surface area contributed by atoms with Gasteiger partial charge in [-0.25, -0.2) is 14.4 Å². The van der Waals surface area contributed by atoms with Crippen molar-refractivity contribution in [3.63, 3.8) is 0 Å². The molecule has 0 fully saturated rings. The van der Waals surface area contributed by atoms with Crippen molar-refractivity contribution in [2.24, 2.45) is 0 Å². The summed E-state index contributed by atoms with van der Waals surface area (Å²) in [5, 5.41) is 28.6. The molecule has 36 heavy (non-hydrogen) atoms. The van der Waals surface area contributed by atoms with Crippen LogP contribution in [0, 0.1) is 0 Å². The van der Waals surface area contributed by atoms with Crippen LogP contribution in [0.15, 0.2) is 91.0 Å². The van der Waals surface area contributed by atoms with Crippen LogP contribution in [0.2, 0.25) is 0 Å². The Balaban J connectivity index is 1.85. The van der Waals surface area contributed by atoms with Gasteiger partial charge in [-0.15, -0.1) is 0 Å². The number of carboxylic acid groups (broad SMARTS) is 3. The summed E-state index contributed by atoms with van der Waals surface area (Å²) in [4.78, 5) is 35.1. The number of ether oxygens (including phenoxy) is 3. The Labute approximate surface area is 204 Å². The minimum absolute atomic E-state index is 0.00413. The highest BCUT2D eigenvalue weighted by Crippen LogP contribution is 2.45. The van der Waals surface area contributed by atoms with Crippen LogP contribution in [0.3, 0.4) is 0 Å². The van der Waals surface area contributed by atoms with E-state index in [4.69, 9.17) is 14.2 Å². The Morgan fingerprint density at radius 2 is 0.722 bits per heavy atom. The summed E-state index contributed by atoms with van der Waals surface area (Å²) >= 11 is 0. The Morgan fingerprint density at radius 3 is 1.08 bits per heavy atom. The van der Waals surface area contributed by atoms with Crippen LogP contribution in [0.1, 0.15) is 31.1 Å². The fraction of sp³-hybridized carbons (Fsp3) is 0. The van der Waals surface area contributed by atoms with Crippen LogP contribution in [-0.4, -0.2) is 33.2 Å². The van der Waals surface area contributed by atoms with Crippen LogP contribution < -0.4 is 14.2 Å². The average molecular weight is 486 g/mol. The molecule has 0 amide bonds. The Kier molecular flexibility index (Phi) is 6.83. The predicted octanol–water partition coefficient (Wildman–Crippen LogP) is 6.16. The van der Waals surface area contributed by atoms with Crippen LogP contribution in [0.5, 0.6) is 34.5 Å². The van der Waals surface area contributed by atoms with E-state index in [1.807, 2.05) is 0 Å². The maximum Gasteiger partial charge on any atom is 0.339 e. The molecule has 9 heteroatoms. The molecule has 0 heterocycles. The number of hydrogen-bond acceptors (Lipinski definition) is 6. The Bertz CT molecular complexity index is 1380. The fourth-order valence-electron chi connectivity index (χ4n) is 3.30. The van der Waals surface area contributed by atoms with Crippen molar-refractivity contribution in [2.45, 2.75) is 0 Å². The zero-order chi connectivity index (χ0) is 25.7. The van der Waals surface area contributed by atoms with Gasteiger partial charge < -0.3 is 29.5 Å². The molecular weight excluding hydrogens is 468 g/mol. The Hall–Kier alpha value is -5.31. The quantitative estimate of drug-likeness (QED) is 0.254. The molecule has 0 aliphatic rings. The van der Waals surface area contributed by atoms with E-state index in [0.717, 1.165) is 0 Å². The van der Waals surface area contributed by atoms with Gasteiger partial charge in [0, 0.05) is 0 Å². The lowest BCUT2D eigenvalue weighted by Crippen LogP contribution is -2.03. The van der Waals surface area contributed by atoms with Gasteiger partial charge in [-0.05, 0) is 48.5 Å². The molecule has 4 rings (SSSR count). The minimum Gasteiger partial charge on any atom is -0.478 e. The number of aromatic carboxylic acids is 3. The third-order valence-corrected chi connectivity index (χ3v) is 4.95. The summed E-state index contributed by atoms with van der Waals surface area (Å²) in [7, 11) is 0. The molecule has 0 spiro atoms. The molecule has 0 radical (unpaired) electrons. The van der Waals surface area contributed by atoms with E-state index in [1.165, 1.54) is 60.7 Å². The van der Waals surface area contributed by atoms with Gasteiger partial charge in [0.1, 0.15) is 33.9 Å². The maximum absolute atomic E-state index is 11.7. The largest absolute Gasteiger partial charge is 0.478 e. The Morgan fingerprint density at radius 1 is 0.417 bits per heavy atom. The normalized spacial score (nSPS) is 10.3. The van der Waals surface area contributed by atoms with Gasteiger partial charge in [-0.2, -0.15) is 0 Å². The molecule has 9 nitrogen and oxygen atoms in total. The van der Waals surface area contributed by atoms with E-state index in [2.05, 4.69) is 0 Å². The van der Waals surface area contributed by atoms with Gasteiger partial charge in [0.05, 0.1) is 0 Å². The van der Waals surface area contributed by atoms with E-state index < -0.39 is 17.9 Å². The van der Waals surface area contributed by atoms with Crippen molar-refractivity contribution in [1.82, 2.24) is 0 Å². The lowest BCUT2D eigenvalue weighted by molar-refractivity contribution is 0.0682. The highest BCUT2D eigenvalue weighted by molar-refractivity contribution is 5.92. The number of para-hydroxylation sites is 4. The van der Waals surface area contributed by atoms with Crippen LogP contribution >= 0.6 is 0 Å². The average Bonchev–Trinajstić information content (AvgIpc) is 2.86. The topological polar surface area (TPSA) is 140 Å². The van der Waals surface area contributed by atoms with Gasteiger partial charge >= 0.3 is 17.9 Å². The molecule has 0 saturated carbocycles. The van der Waals surface area contributed by atoms with Crippen LogP contribution in [0.4, 0.5) is 0 Å². The number of carboxylic acids is 3. The molecule has 180 valence electrons. The lowest BCUT2D eigenvalue weighted by atomic mass is 10.2. The molecule has 3 N–H and O–H groups in total. The predicted molar refractivity (Wildman–Crippen MR) is 127 cm³/mol. The zero-order valence-electron chi connectivity index (χ0n) is 18.5. The standard InChI is InChI=1S/C27H18O9/c28-25(29)16-8-1-4-11-19(16)34-22-14-7-15-23(35-20-12-5-2-9-17(20)26(30)31)24(22)36-21-13-6-3-10-18(21)27(32)33/h1-15H,(H,28,29)(H,30,31)(H,32,33). The van der Waals surface area contributed by atoms with Crippen molar-refractivity contribution in [1.29, 1.82) is 0 Å². The monoisotopic (exact) mass is 486 g/mol. The summed E-state index contributed by atoms with van der Waals surface area (Å²) in [5.41, 5.74) is -0.371. The first kappa shape index (κ1) is 23.8. The highest BCUT2D eigenvalue weighted by atomic mass is 16.5. The molecule has 0 unspecified atom stereocenters. The van der Waals surface area contributed by atoms with E-state index in [0.29, 0.717) is 0 Å². The van der Waals surface area contributed by atoms with Gasteiger partial charge in [0.25, 0.3) is 0 Å². The summed E-state index contributed by atoms with van der Waals surface area (Å²) in [6.07, 6.45) is 0. The fourth-order valence-corrected chi connectivity index (χ4v) is 3.30. The molecule has 0 aromatic heterocycles. The second-order valence-electron chi connectivity index (χ2n) is 7.29. The first-order chi connectivity index (χ1) is 17.3. The van der Waals surface area contributed by atoms with Gasteiger partial charge in [0.15, 0.2) is 11.5 Å². The first-order valence-electron chi connectivity index (χ1n) is 10.5. The molecule has 4 aromatic rings. The number of hydrogen-bond donors (Lipinski definition) is 3. The van der Waals surface area contributed by atoms with Crippen LogP contribution in [0.25, 0.3) is 0 Å². The van der Waals surface area contributed by atoms with Gasteiger partial charge in [-0.1, -0.05) is 42.5 Å². The van der Waals surface area contributed by atoms with E-state index >= 15 is 0 Å². The van der Waals surface area contributed by atoms with Gasteiger partial charge in [-0.3, -0.25) is 0 Å². The molecule has 0 saturated heterocycles. The summed E-state index contributed by atoms with van der Waals surface area (Å²) in [6.45, 7) is 0. The van der Waals surface area contributed by atoms with Crippen molar-refractivity contribution in [3.8, 4) is 34.5 Å². The summed E-state index contributed by atoms with van der Waals surface area (Å²) in [5.74, 6) is -3.77. The van der Waals surface area contributed by atoms with Crippen molar-refractivity contribution in [2.75, 3.05) is 0 Å². The summed E-state index contributed by atoms with van der Waals surface area (Å²) < 4.78 is 17.7. The van der Waals surface area contributed by atoms with Crippen molar-refractivity contribution >= 4 is 17.9 Å². The zero-order valence-corrected chi connectivity index (χ0v) is 18.5. The summed E-state index contributed by atoms with van der Waals surface area (Å²) in [6, 6.07) is 22.3. The molecular formula is C27H18O9. The van der Waals surface area contributed by atoms with E-state index in [-0.39, 0.29) is 51.2 Å². The smallest absolute Gasteiger partial charge is 0.339 e. The molecule has 4 aromatic carbocycles. The van der Waals surface area contributed by atoms with Crippen molar-refractivity contribution < 1.29 is 43.9 Å². The number of benzene rings is 4. The molecule has 0 aliphatic carbocycles. The number of rotatable bonds is 9. The number of carbonyl (C=O) groups is 3. The molecule has 0 atom stereocenters. The third kappa shape index (κ3) is 5.10. The van der Waals surface area contributed by atoms with Crippen LogP contribution in [-0.2, 0) is 0 Å². The first-order valence-corrected chi connectivity index (χ1v) is 10.5. The van der Waals surface area contributed by atoms with E-state index in [9.17, 15) is 29.7 Å². The molecule has 0 bridgehead atoms. The van der Waals surface area contributed by atoms with Crippen molar-refractivity contribution in [3.05, 3.63) is 108 Å². The second-order valence-corrected chi connectivity index (χ2v) is 7.29. The van der Waals surface area contributed by atoms with Gasteiger partial charge in [0.2, 0.25) is 5.75 Å². The maximum atomic E-state index is 11.7. The SMILES string of the molecule is O=C(O)c1ccccc1Oc1cccc(Oc2ccccc2C(=O)O)c1Oc1ccccc1C(=O)O.